The predicted octanol–water partition coefficient (Wildman–Crippen LogP) is 2.31. The molecule has 1 aromatic rings. The van der Waals surface area contributed by atoms with E-state index in [9.17, 15) is 14.0 Å². The summed E-state index contributed by atoms with van der Waals surface area (Å²) in [4.78, 5) is 22.0. The van der Waals surface area contributed by atoms with Crippen LogP contribution in [0.5, 0.6) is 5.75 Å². The molecule has 0 aliphatic carbocycles. The van der Waals surface area contributed by atoms with Crippen LogP contribution >= 0.6 is 0 Å². The number of amides is 2. The van der Waals surface area contributed by atoms with Gasteiger partial charge in [0, 0.05) is 6.54 Å². The molecule has 1 aromatic carbocycles. The summed E-state index contributed by atoms with van der Waals surface area (Å²) in [6.45, 7) is 5.32. The molecular formula is C13H17FN2O4. The van der Waals surface area contributed by atoms with Crippen LogP contribution in [0.3, 0.4) is 0 Å². The number of rotatable bonds is 3. The number of carbonyl (C=O) groups is 2. The van der Waals surface area contributed by atoms with E-state index in [1.807, 2.05) is 0 Å². The molecule has 0 heterocycles. The third-order valence-electron chi connectivity index (χ3n) is 2.04. The van der Waals surface area contributed by atoms with Crippen molar-refractivity contribution in [3.8, 4) is 5.75 Å². The molecule has 2 amide bonds. The molecule has 0 spiro atoms. The van der Waals surface area contributed by atoms with Gasteiger partial charge in [0.15, 0.2) is 11.6 Å². The molecule has 0 aliphatic rings. The summed E-state index contributed by atoms with van der Waals surface area (Å²) in [5, 5.41) is 2.50. The van der Waals surface area contributed by atoms with Crippen LogP contribution in [-0.2, 0) is 11.3 Å². The summed E-state index contributed by atoms with van der Waals surface area (Å²) in [5.74, 6) is -1.01. The first-order chi connectivity index (χ1) is 9.17. The number of hydrogen-bond donors (Lipinski definition) is 2. The summed E-state index contributed by atoms with van der Waals surface area (Å²) < 4.78 is 22.8. The lowest BCUT2D eigenvalue weighted by Crippen LogP contribution is -2.32. The smallest absolute Gasteiger partial charge is 0.410 e. The molecule has 0 aliphatic heterocycles. The lowest BCUT2D eigenvalue weighted by atomic mass is 10.2. The standard InChI is InChI=1S/C13H17FN2O4/c1-13(2,3)20-12(18)16-7-8-4-5-9(14)10(6-8)19-11(15)17/h4-6H,7H2,1-3H3,(H2,15,17)(H,16,18). The van der Waals surface area contributed by atoms with E-state index in [-0.39, 0.29) is 12.3 Å². The highest BCUT2D eigenvalue weighted by Crippen LogP contribution is 2.19. The minimum Gasteiger partial charge on any atom is -0.444 e. The monoisotopic (exact) mass is 284 g/mol. The molecule has 6 nitrogen and oxygen atoms in total. The largest absolute Gasteiger partial charge is 0.444 e. The van der Waals surface area contributed by atoms with Crippen LogP contribution in [0.15, 0.2) is 18.2 Å². The Labute approximate surface area is 116 Å². The van der Waals surface area contributed by atoms with E-state index in [0.717, 1.165) is 6.07 Å². The van der Waals surface area contributed by atoms with Crippen molar-refractivity contribution in [2.45, 2.75) is 32.9 Å². The van der Waals surface area contributed by atoms with Gasteiger partial charge in [0.2, 0.25) is 0 Å². The minimum atomic E-state index is -1.11. The molecular weight excluding hydrogens is 267 g/mol. The number of carbonyl (C=O) groups excluding carboxylic acids is 2. The Balaban J connectivity index is 2.65. The Morgan fingerprint density at radius 3 is 2.55 bits per heavy atom. The van der Waals surface area contributed by atoms with Crippen molar-refractivity contribution in [2.75, 3.05) is 0 Å². The van der Waals surface area contributed by atoms with Gasteiger partial charge in [-0.1, -0.05) is 6.07 Å². The van der Waals surface area contributed by atoms with Gasteiger partial charge in [0.25, 0.3) is 0 Å². The SMILES string of the molecule is CC(C)(C)OC(=O)NCc1ccc(F)c(OC(N)=O)c1. The fourth-order valence-electron chi connectivity index (χ4n) is 1.33. The van der Waals surface area contributed by atoms with Crippen LogP contribution in [0, 0.1) is 5.82 Å². The Bertz CT molecular complexity index is 512. The highest BCUT2D eigenvalue weighted by atomic mass is 19.1. The van der Waals surface area contributed by atoms with Gasteiger partial charge in [0.1, 0.15) is 5.60 Å². The number of alkyl carbamates (subject to hydrolysis) is 1. The van der Waals surface area contributed by atoms with Gasteiger partial charge in [0.05, 0.1) is 0 Å². The number of ether oxygens (including phenoxy) is 2. The van der Waals surface area contributed by atoms with Gasteiger partial charge in [-0.2, -0.15) is 0 Å². The lowest BCUT2D eigenvalue weighted by Gasteiger charge is -2.19. The fraction of sp³-hybridized carbons (Fsp3) is 0.385. The quantitative estimate of drug-likeness (QED) is 0.891. The van der Waals surface area contributed by atoms with Crippen LogP contribution in [0.25, 0.3) is 0 Å². The van der Waals surface area contributed by atoms with E-state index in [4.69, 9.17) is 10.5 Å². The maximum Gasteiger partial charge on any atom is 0.410 e. The van der Waals surface area contributed by atoms with Crippen molar-refractivity contribution >= 4 is 12.2 Å². The molecule has 0 unspecified atom stereocenters. The van der Waals surface area contributed by atoms with Crippen LogP contribution < -0.4 is 15.8 Å². The van der Waals surface area contributed by atoms with Crippen LogP contribution in [-0.4, -0.2) is 17.8 Å². The number of primary amides is 1. The first-order valence-corrected chi connectivity index (χ1v) is 5.90. The Morgan fingerprint density at radius 1 is 1.35 bits per heavy atom. The van der Waals surface area contributed by atoms with E-state index < -0.39 is 23.6 Å². The number of nitrogens with two attached hydrogens (primary N) is 1. The predicted molar refractivity (Wildman–Crippen MR) is 69.7 cm³/mol. The number of hydrogen-bond acceptors (Lipinski definition) is 4. The van der Waals surface area contributed by atoms with Gasteiger partial charge in [-0.25, -0.2) is 14.0 Å². The van der Waals surface area contributed by atoms with E-state index in [1.165, 1.54) is 12.1 Å². The third-order valence-corrected chi connectivity index (χ3v) is 2.04. The second-order valence-electron chi connectivity index (χ2n) is 5.04. The second kappa shape index (κ2) is 6.23. The Kier molecular flexibility index (Phi) is 4.90. The van der Waals surface area contributed by atoms with Crippen molar-refractivity contribution in [3.63, 3.8) is 0 Å². The van der Waals surface area contributed by atoms with E-state index >= 15 is 0 Å². The summed E-state index contributed by atoms with van der Waals surface area (Å²) >= 11 is 0. The molecule has 0 aromatic heterocycles. The average molecular weight is 284 g/mol. The second-order valence-corrected chi connectivity index (χ2v) is 5.04. The number of nitrogens with one attached hydrogen (secondary N) is 1. The molecule has 7 heteroatoms. The maximum atomic E-state index is 13.3. The van der Waals surface area contributed by atoms with E-state index in [0.29, 0.717) is 5.56 Å². The zero-order chi connectivity index (χ0) is 15.3. The number of halogens is 1. The molecule has 20 heavy (non-hydrogen) atoms. The Hall–Kier alpha value is -2.31. The zero-order valence-corrected chi connectivity index (χ0v) is 11.5. The molecule has 0 atom stereocenters. The van der Waals surface area contributed by atoms with Gasteiger partial charge in [-0.15, -0.1) is 0 Å². The summed E-state index contributed by atoms with van der Waals surface area (Å²) in [6, 6.07) is 3.84. The number of benzene rings is 1. The van der Waals surface area contributed by atoms with Crippen LogP contribution in [0.1, 0.15) is 26.3 Å². The molecule has 110 valence electrons. The molecule has 0 radical (unpaired) electrons. The fourth-order valence-corrected chi connectivity index (χ4v) is 1.33. The van der Waals surface area contributed by atoms with E-state index in [2.05, 4.69) is 10.1 Å². The van der Waals surface area contributed by atoms with Crippen molar-refractivity contribution in [2.24, 2.45) is 5.73 Å². The summed E-state index contributed by atoms with van der Waals surface area (Å²) in [6.07, 6.45) is -1.71. The topological polar surface area (TPSA) is 90.7 Å². The highest BCUT2D eigenvalue weighted by molar-refractivity contribution is 5.68. The highest BCUT2D eigenvalue weighted by Gasteiger charge is 2.16. The molecule has 0 fully saturated rings. The minimum absolute atomic E-state index is 0.102. The molecule has 0 saturated heterocycles. The maximum absolute atomic E-state index is 13.3. The van der Waals surface area contributed by atoms with Gasteiger partial charge in [-0.3, -0.25) is 0 Å². The average Bonchev–Trinajstić information content (AvgIpc) is 2.27. The molecule has 0 bridgehead atoms. The van der Waals surface area contributed by atoms with E-state index in [1.54, 1.807) is 20.8 Å². The van der Waals surface area contributed by atoms with Gasteiger partial charge < -0.3 is 20.5 Å². The van der Waals surface area contributed by atoms with Crippen molar-refractivity contribution in [1.82, 2.24) is 5.32 Å². The third kappa shape index (κ3) is 5.55. The normalized spacial score (nSPS) is 10.8. The van der Waals surface area contributed by atoms with Gasteiger partial charge >= 0.3 is 12.2 Å². The lowest BCUT2D eigenvalue weighted by molar-refractivity contribution is 0.0523. The van der Waals surface area contributed by atoms with Crippen molar-refractivity contribution in [1.29, 1.82) is 0 Å². The molecule has 1 rings (SSSR count). The summed E-state index contributed by atoms with van der Waals surface area (Å²) in [5.41, 5.74) is 4.75. The van der Waals surface area contributed by atoms with Gasteiger partial charge in [-0.05, 0) is 38.5 Å². The molecule has 0 saturated carbocycles. The molecule has 3 N–H and O–H groups in total. The van der Waals surface area contributed by atoms with Crippen molar-refractivity contribution < 1.29 is 23.5 Å². The van der Waals surface area contributed by atoms with Crippen LogP contribution in [0.4, 0.5) is 14.0 Å². The zero-order valence-electron chi connectivity index (χ0n) is 11.5. The first-order valence-electron chi connectivity index (χ1n) is 5.90. The van der Waals surface area contributed by atoms with Crippen LogP contribution in [0.2, 0.25) is 0 Å². The first kappa shape index (κ1) is 15.7. The summed E-state index contributed by atoms with van der Waals surface area (Å²) in [7, 11) is 0. The Morgan fingerprint density at radius 2 is 2.00 bits per heavy atom. The van der Waals surface area contributed by atoms with Crippen molar-refractivity contribution in [3.05, 3.63) is 29.6 Å².